The maximum absolute atomic E-state index is 13.6. The molecular formula is C22H24N2O2S2. The second kappa shape index (κ2) is 8.23. The van der Waals surface area contributed by atoms with Gasteiger partial charge in [0.05, 0.1) is 28.4 Å². The summed E-state index contributed by atoms with van der Waals surface area (Å²) >= 11 is 3.18. The lowest BCUT2D eigenvalue weighted by Crippen LogP contribution is -2.37. The first-order chi connectivity index (χ1) is 13.6. The van der Waals surface area contributed by atoms with E-state index in [1.807, 2.05) is 35.4 Å². The first-order valence-corrected chi connectivity index (χ1v) is 11.5. The third-order valence-electron chi connectivity index (χ3n) is 5.03. The van der Waals surface area contributed by atoms with Gasteiger partial charge in [0.2, 0.25) is 0 Å². The predicted molar refractivity (Wildman–Crippen MR) is 118 cm³/mol. The van der Waals surface area contributed by atoms with Crippen molar-refractivity contribution in [3.8, 4) is 0 Å². The summed E-state index contributed by atoms with van der Waals surface area (Å²) in [7, 11) is 0. The van der Waals surface area contributed by atoms with E-state index in [2.05, 4.69) is 26.0 Å². The average Bonchev–Trinajstić information content (AvgIpc) is 3.35. The van der Waals surface area contributed by atoms with Crippen LogP contribution in [0.4, 0.5) is 5.13 Å². The minimum absolute atomic E-state index is 0.00567. The number of ether oxygens (including phenoxy) is 1. The van der Waals surface area contributed by atoms with Gasteiger partial charge < -0.3 is 4.74 Å². The Bertz CT molecular complexity index is 1010. The number of thiazole rings is 1. The minimum Gasteiger partial charge on any atom is -0.376 e. The highest BCUT2D eigenvalue weighted by molar-refractivity contribution is 7.98. The van der Waals surface area contributed by atoms with Crippen molar-refractivity contribution in [2.24, 2.45) is 0 Å². The molecule has 6 heteroatoms. The van der Waals surface area contributed by atoms with Crippen LogP contribution in [0.5, 0.6) is 0 Å². The van der Waals surface area contributed by atoms with E-state index in [1.165, 1.54) is 11.1 Å². The molecule has 28 heavy (non-hydrogen) atoms. The number of anilines is 1. The number of nitrogens with zero attached hydrogens (tertiary/aromatic N) is 2. The Morgan fingerprint density at radius 3 is 2.89 bits per heavy atom. The molecule has 1 saturated heterocycles. The summed E-state index contributed by atoms with van der Waals surface area (Å²) < 4.78 is 6.98. The molecule has 2 aromatic carbocycles. The second-order valence-corrected chi connectivity index (χ2v) is 9.00. The van der Waals surface area contributed by atoms with Crippen molar-refractivity contribution < 1.29 is 9.53 Å². The van der Waals surface area contributed by atoms with Gasteiger partial charge >= 0.3 is 0 Å². The van der Waals surface area contributed by atoms with Crippen LogP contribution in [0.3, 0.4) is 0 Å². The van der Waals surface area contributed by atoms with Gasteiger partial charge in [-0.25, -0.2) is 4.98 Å². The van der Waals surface area contributed by atoms with Crippen LogP contribution in [0.15, 0.2) is 41.3 Å². The summed E-state index contributed by atoms with van der Waals surface area (Å²) in [5.41, 5.74) is 4.07. The maximum atomic E-state index is 13.6. The molecule has 0 spiro atoms. The Balaban J connectivity index is 1.77. The molecule has 0 saturated carbocycles. The van der Waals surface area contributed by atoms with Crippen LogP contribution in [-0.4, -0.2) is 36.4 Å². The highest BCUT2D eigenvalue weighted by Gasteiger charge is 2.28. The molecule has 2 heterocycles. The van der Waals surface area contributed by atoms with Crippen LogP contribution in [0.2, 0.25) is 0 Å². The van der Waals surface area contributed by atoms with E-state index in [0.29, 0.717) is 6.54 Å². The Morgan fingerprint density at radius 1 is 1.32 bits per heavy atom. The topological polar surface area (TPSA) is 42.4 Å². The molecule has 0 bridgehead atoms. The Hall–Kier alpha value is -1.89. The van der Waals surface area contributed by atoms with Gasteiger partial charge in [-0.15, -0.1) is 11.8 Å². The Kier molecular flexibility index (Phi) is 5.71. The summed E-state index contributed by atoms with van der Waals surface area (Å²) in [6.45, 7) is 5.49. The highest BCUT2D eigenvalue weighted by Crippen LogP contribution is 2.34. The Morgan fingerprint density at radius 2 is 2.14 bits per heavy atom. The summed E-state index contributed by atoms with van der Waals surface area (Å²) in [5.74, 6) is -0.00567. The van der Waals surface area contributed by atoms with Gasteiger partial charge in [-0.05, 0) is 62.3 Å². The molecule has 1 fully saturated rings. The standard InChI is InChI=1S/C22H24N2O2S2/c1-14-11-15(2)20-18(12-14)23-22(28-20)24(13-16-7-6-10-26-16)21(25)17-8-4-5-9-19(17)27-3/h4-5,8-9,11-12,16H,6-7,10,13H2,1-3H3/t16-/m1/s1. The third kappa shape index (κ3) is 3.81. The molecule has 1 aliphatic heterocycles. The normalized spacial score (nSPS) is 16.6. The molecule has 1 amide bonds. The fourth-order valence-corrected chi connectivity index (χ4v) is 5.30. The highest BCUT2D eigenvalue weighted by atomic mass is 32.2. The van der Waals surface area contributed by atoms with Crippen LogP contribution in [0.25, 0.3) is 10.2 Å². The van der Waals surface area contributed by atoms with Gasteiger partial charge in [-0.2, -0.15) is 0 Å². The number of rotatable bonds is 5. The zero-order valence-electron chi connectivity index (χ0n) is 16.4. The van der Waals surface area contributed by atoms with Crippen LogP contribution in [0, 0.1) is 13.8 Å². The van der Waals surface area contributed by atoms with Crippen LogP contribution in [-0.2, 0) is 4.74 Å². The largest absolute Gasteiger partial charge is 0.376 e. The van der Waals surface area contributed by atoms with E-state index in [4.69, 9.17) is 9.72 Å². The average molecular weight is 413 g/mol. The summed E-state index contributed by atoms with van der Waals surface area (Å²) in [4.78, 5) is 21.2. The zero-order valence-corrected chi connectivity index (χ0v) is 18.0. The number of aromatic nitrogens is 1. The van der Waals surface area contributed by atoms with E-state index in [1.54, 1.807) is 23.1 Å². The number of fused-ring (bicyclic) bond motifs is 1. The van der Waals surface area contributed by atoms with Crippen molar-refractivity contribution in [2.45, 2.75) is 37.7 Å². The van der Waals surface area contributed by atoms with E-state index in [0.717, 1.165) is 45.3 Å². The van der Waals surface area contributed by atoms with Crippen molar-refractivity contribution >= 4 is 44.4 Å². The predicted octanol–water partition coefficient (Wildman–Crippen LogP) is 5.46. The fraction of sp³-hybridized carbons (Fsp3) is 0.364. The lowest BCUT2D eigenvalue weighted by Gasteiger charge is -2.24. The number of amides is 1. The fourth-order valence-electron chi connectivity index (χ4n) is 3.69. The molecular weight excluding hydrogens is 388 g/mol. The molecule has 1 atom stereocenters. The third-order valence-corrected chi connectivity index (χ3v) is 7.06. The molecule has 0 N–H and O–H groups in total. The van der Waals surface area contributed by atoms with E-state index in [9.17, 15) is 4.79 Å². The molecule has 1 aromatic heterocycles. The van der Waals surface area contributed by atoms with E-state index < -0.39 is 0 Å². The number of carbonyl (C=O) groups is 1. The lowest BCUT2D eigenvalue weighted by molar-refractivity contribution is 0.0915. The van der Waals surface area contributed by atoms with E-state index in [-0.39, 0.29) is 12.0 Å². The second-order valence-electron chi connectivity index (χ2n) is 7.18. The molecule has 146 valence electrons. The van der Waals surface area contributed by atoms with Crippen LogP contribution < -0.4 is 4.90 Å². The van der Waals surface area contributed by atoms with Crippen molar-refractivity contribution in [1.82, 2.24) is 4.98 Å². The monoisotopic (exact) mass is 412 g/mol. The smallest absolute Gasteiger partial charge is 0.261 e. The van der Waals surface area contributed by atoms with Gasteiger partial charge in [0.15, 0.2) is 5.13 Å². The number of thioether (sulfide) groups is 1. The van der Waals surface area contributed by atoms with Gasteiger partial charge in [-0.1, -0.05) is 29.5 Å². The molecule has 4 nitrogen and oxygen atoms in total. The van der Waals surface area contributed by atoms with Crippen LogP contribution >= 0.6 is 23.1 Å². The van der Waals surface area contributed by atoms with Crippen molar-refractivity contribution in [3.63, 3.8) is 0 Å². The quantitative estimate of drug-likeness (QED) is 0.522. The van der Waals surface area contributed by atoms with Crippen LogP contribution in [0.1, 0.15) is 34.3 Å². The summed E-state index contributed by atoms with van der Waals surface area (Å²) in [6.07, 6.45) is 4.10. The van der Waals surface area contributed by atoms with Gasteiger partial charge in [0, 0.05) is 11.5 Å². The van der Waals surface area contributed by atoms with Gasteiger partial charge in [-0.3, -0.25) is 9.69 Å². The number of hydrogen-bond acceptors (Lipinski definition) is 5. The number of benzene rings is 2. The molecule has 1 aliphatic rings. The summed E-state index contributed by atoms with van der Waals surface area (Å²) in [5, 5.41) is 0.750. The molecule has 0 radical (unpaired) electrons. The number of carbonyl (C=O) groups excluding carboxylic acids is 1. The van der Waals surface area contributed by atoms with Gasteiger partial charge in [0.25, 0.3) is 5.91 Å². The molecule has 4 rings (SSSR count). The van der Waals surface area contributed by atoms with Crippen molar-refractivity contribution in [3.05, 3.63) is 53.1 Å². The van der Waals surface area contributed by atoms with Crippen molar-refractivity contribution in [1.29, 1.82) is 0 Å². The molecule has 0 unspecified atom stereocenters. The Labute approximate surface area is 173 Å². The summed E-state index contributed by atoms with van der Waals surface area (Å²) in [6, 6.07) is 12.0. The SMILES string of the molecule is CSc1ccccc1C(=O)N(C[C@H]1CCCO1)c1nc2cc(C)cc(C)c2s1. The minimum atomic E-state index is -0.00567. The lowest BCUT2D eigenvalue weighted by atomic mass is 10.1. The first-order valence-electron chi connectivity index (χ1n) is 9.51. The zero-order chi connectivity index (χ0) is 19.7. The number of hydrogen-bond donors (Lipinski definition) is 0. The van der Waals surface area contributed by atoms with Crippen molar-refractivity contribution in [2.75, 3.05) is 24.3 Å². The first kappa shape index (κ1) is 19.4. The molecule has 0 aliphatic carbocycles. The molecule has 3 aromatic rings. The maximum Gasteiger partial charge on any atom is 0.261 e. The number of aryl methyl sites for hydroxylation is 2. The van der Waals surface area contributed by atoms with E-state index >= 15 is 0 Å². The van der Waals surface area contributed by atoms with Gasteiger partial charge in [0.1, 0.15) is 0 Å².